The van der Waals surface area contributed by atoms with Crippen LogP contribution in [0.4, 0.5) is 0 Å². The molecule has 1 heterocycles. The molecule has 1 aromatic rings. The smallest absolute Gasteiger partial charge is 0.233 e. The van der Waals surface area contributed by atoms with Crippen molar-refractivity contribution in [2.24, 2.45) is 29.4 Å². The highest BCUT2D eigenvalue weighted by molar-refractivity contribution is 6.06. The lowest BCUT2D eigenvalue weighted by Crippen LogP contribution is -2.38. The summed E-state index contributed by atoms with van der Waals surface area (Å²) in [6.07, 6.45) is 1.87. The van der Waals surface area contributed by atoms with Crippen molar-refractivity contribution in [3.05, 3.63) is 35.9 Å². The molecule has 5 atom stereocenters. The molecule has 4 heteroatoms. The van der Waals surface area contributed by atoms with Gasteiger partial charge in [-0.2, -0.15) is 0 Å². The second-order valence-corrected chi connectivity index (χ2v) is 6.36. The van der Waals surface area contributed by atoms with E-state index in [1.54, 1.807) is 0 Å². The Hall–Kier alpha value is -1.68. The van der Waals surface area contributed by atoms with E-state index < -0.39 is 0 Å². The van der Waals surface area contributed by atoms with Crippen molar-refractivity contribution < 1.29 is 9.59 Å². The minimum absolute atomic E-state index is 0.00602. The van der Waals surface area contributed by atoms with Gasteiger partial charge in [0.15, 0.2) is 0 Å². The van der Waals surface area contributed by atoms with Gasteiger partial charge < -0.3 is 5.73 Å². The molecule has 2 N–H and O–H groups in total. The lowest BCUT2D eigenvalue weighted by molar-refractivity contribution is -0.141. The van der Waals surface area contributed by atoms with E-state index in [-0.39, 0.29) is 35.6 Å². The SMILES string of the molecule is NC1CC2CC1C1C(=O)N(Cc3ccccc3)C(=O)C21. The Morgan fingerprint density at radius 2 is 1.75 bits per heavy atom. The summed E-state index contributed by atoms with van der Waals surface area (Å²) >= 11 is 0. The number of hydrogen-bond acceptors (Lipinski definition) is 3. The van der Waals surface area contributed by atoms with Crippen LogP contribution in [0.5, 0.6) is 0 Å². The average molecular weight is 270 g/mol. The van der Waals surface area contributed by atoms with Gasteiger partial charge in [0.25, 0.3) is 0 Å². The molecule has 5 unspecified atom stereocenters. The number of carbonyl (C=O) groups is 2. The van der Waals surface area contributed by atoms with Crippen LogP contribution in [0.15, 0.2) is 30.3 Å². The molecule has 0 spiro atoms. The predicted molar refractivity (Wildman–Crippen MR) is 73.2 cm³/mol. The quantitative estimate of drug-likeness (QED) is 0.820. The van der Waals surface area contributed by atoms with E-state index in [4.69, 9.17) is 5.73 Å². The highest BCUT2D eigenvalue weighted by Gasteiger charge is 2.62. The molecule has 1 aliphatic heterocycles. The van der Waals surface area contributed by atoms with Gasteiger partial charge in [-0.3, -0.25) is 14.5 Å². The zero-order chi connectivity index (χ0) is 13.9. The molecule has 2 aliphatic carbocycles. The first-order valence-electron chi connectivity index (χ1n) is 7.31. The lowest BCUT2D eigenvalue weighted by Gasteiger charge is -2.25. The third-order valence-electron chi connectivity index (χ3n) is 5.34. The standard InChI is InChI=1S/C16H18N2O2/c17-12-7-10-6-11(12)14-13(10)15(19)18(16(14)20)8-9-4-2-1-3-5-9/h1-5,10-14H,6-8,17H2. The molecule has 1 saturated heterocycles. The Bertz CT molecular complexity index is 571. The predicted octanol–water partition coefficient (Wildman–Crippen LogP) is 1.15. The van der Waals surface area contributed by atoms with Gasteiger partial charge in [-0.15, -0.1) is 0 Å². The van der Waals surface area contributed by atoms with E-state index in [0.29, 0.717) is 12.5 Å². The second kappa shape index (κ2) is 4.16. The second-order valence-electron chi connectivity index (χ2n) is 6.36. The van der Waals surface area contributed by atoms with Gasteiger partial charge in [-0.1, -0.05) is 30.3 Å². The number of amides is 2. The summed E-state index contributed by atoms with van der Waals surface area (Å²) in [5.41, 5.74) is 7.10. The highest BCUT2D eigenvalue weighted by atomic mass is 16.2. The van der Waals surface area contributed by atoms with Crippen molar-refractivity contribution in [3.8, 4) is 0 Å². The van der Waals surface area contributed by atoms with Crippen LogP contribution in [0.3, 0.4) is 0 Å². The summed E-state index contributed by atoms with van der Waals surface area (Å²) in [5, 5.41) is 0. The molecule has 0 radical (unpaired) electrons. The number of nitrogens with zero attached hydrogens (tertiary/aromatic N) is 1. The molecule has 0 aromatic heterocycles. The molecular formula is C16H18N2O2. The van der Waals surface area contributed by atoms with E-state index in [2.05, 4.69) is 0 Å². The largest absolute Gasteiger partial charge is 0.327 e. The van der Waals surface area contributed by atoms with Crippen LogP contribution < -0.4 is 5.73 Å². The average Bonchev–Trinajstić information content (AvgIpc) is 3.07. The maximum Gasteiger partial charge on any atom is 0.233 e. The molecule has 3 aliphatic rings. The van der Waals surface area contributed by atoms with Gasteiger partial charge in [0.2, 0.25) is 11.8 Å². The summed E-state index contributed by atoms with van der Waals surface area (Å²) in [6, 6.07) is 9.81. The van der Waals surface area contributed by atoms with E-state index in [0.717, 1.165) is 18.4 Å². The number of fused-ring (bicyclic) bond motifs is 5. The van der Waals surface area contributed by atoms with Crippen molar-refractivity contribution in [1.29, 1.82) is 0 Å². The number of rotatable bonds is 2. The number of benzene rings is 1. The van der Waals surface area contributed by atoms with E-state index in [1.165, 1.54) is 4.90 Å². The van der Waals surface area contributed by atoms with E-state index >= 15 is 0 Å². The zero-order valence-electron chi connectivity index (χ0n) is 11.2. The minimum Gasteiger partial charge on any atom is -0.327 e. The van der Waals surface area contributed by atoms with Crippen LogP contribution in [-0.2, 0) is 16.1 Å². The number of carbonyl (C=O) groups excluding carboxylic acids is 2. The molecule has 2 bridgehead atoms. The molecule has 4 rings (SSSR count). The van der Waals surface area contributed by atoms with Gasteiger partial charge in [0, 0.05) is 6.04 Å². The third kappa shape index (κ3) is 1.51. The topological polar surface area (TPSA) is 63.4 Å². The molecule has 104 valence electrons. The van der Waals surface area contributed by atoms with Gasteiger partial charge in [0.05, 0.1) is 18.4 Å². The molecule has 3 fully saturated rings. The monoisotopic (exact) mass is 270 g/mol. The number of likely N-dealkylation sites (tertiary alicyclic amines) is 1. The van der Waals surface area contributed by atoms with Crippen molar-refractivity contribution in [1.82, 2.24) is 4.90 Å². The highest BCUT2D eigenvalue weighted by Crippen LogP contribution is 2.55. The van der Waals surface area contributed by atoms with Crippen molar-refractivity contribution in [3.63, 3.8) is 0 Å². The fourth-order valence-electron chi connectivity index (χ4n) is 4.49. The normalized spacial score (nSPS) is 38.6. The molecule has 2 saturated carbocycles. The first-order valence-corrected chi connectivity index (χ1v) is 7.31. The van der Waals surface area contributed by atoms with Gasteiger partial charge in [-0.25, -0.2) is 0 Å². The van der Waals surface area contributed by atoms with Crippen molar-refractivity contribution in [2.75, 3.05) is 0 Å². The summed E-state index contributed by atoms with van der Waals surface area (Å²) in [4.78, 5) is 26.6. The summed E-state index contributed by atoms with van der Waals surface area (Å²) in [5.74, 6) is 0.366. The summed E-state index contributed by atoms with van der Waals surface area (Å²) in [6.45, 7) is 0.403. The summed E-state index contributed by atoms with van der Waals surface area (Å²) in [7, 11) is 0. The maximum atomic E-state index is 12.6. The van der Waals surface area contributed by atoms with Crippen LogP contribution in [-0.4, -0.2) is 22.8 Å². The van der Waals surface area contributed by atoms with Gasteiger partial charge in [-0.05, 0) is 30.2 Å². The number of imide groups is 1. The van der Waals surface area contributed by atoms with Crippen LogP contribution in [0, 0.1) is 23.7 Å². The molecule has 20 heavy (non-hydrogen) atoms. The Labute approximate surface area is 117 Å². The Balaban J connectivity index is 1.61. The van der Waals surface area contributed by atoms with Crippen molar-refractivity contribution in [2.45, 2.75) is 25.4 Å². The van der Waals surface area contributed by atoms with E-state index in [9.17, 15) is 9.59 Å². The molecule has 2 amide bonds. The van der Waals surface area contributed by atoms with Crippen LogP contribution in [0.2, 0.25) is 0 Å². The maximum absolute atomic E-state index is 12.6. The number of nitrogens with two attached hydrogens (primary N) is 1. The van der Waals surface area contributed by atoms with Gasteiger partial charge >= 0.3 is 0 Å². The first kappa shape index (κ1) is 12.1. The number of hydrogen-bond donors (Lipinski definition) is 1. The fraction of sp³-hybridized carbons (Fsp3) is 0.500. The van der Waals surface area contributed by atoms with E-state index in [1.807, 2.05) is 30.3 Å². The summed E-state index contributed by atoms with van der Waals surface area (Å²) < 4.78 is 0. The van der Waals surface area contributed by atoms with Crippen LogP contribution in [0.1, 0.15) is 18.4 Å². The Kier molecular flexibility index (Phi) is 2.51. The molecule has 1 aromatic carbocycles. The Morgan fingerprint density at radius 3 is 2.50 bits per heavy atom. The van der Waals surface area contributed by atoms with Crippen LogP contribution >= 0.6 is 0 Å². The fourth-order valence-corrected chi connectivity index (χ4v) is 4.49. The Morgan fingerprint density at radius 1 is 1.05 bits per heavy atom. The minimum atomic E-state index is -0.139. The first-order chi connectivity index (χ1) is 9.66. The van der Waals surface area contributed by atoms with Crippen LogP contribution in [0.25, 0.3) is 0 Å². The zero-order valence-corrected chi connectivity index (χ0v) is 11.2. The lowest BCUT2D eigenvalue weighted by atomic mass is 9.79. The molecular weight excluding hydrogens is 252 g/mol. The van der Waals surface area contributed by atoms with Gasteiger partial charge in [0.1, 0.15) is 0 Å². The van der Waals surface area contributed by atoms with Crippen molar-refractivity contribution >= 4 is 11.8 Å². The molecule has 4 nitrogen and oxygen atoms in total. The third-order valence-corrected chi connectivity index (χ3v) is 5.34.